The third kappa shape index (κ3) is 5.28. The van der Waals surface area contributed by atoms with Crippen LogP contribution in [0.3, 0.4) is 0 Å². The van der Waals surface area contributed by atoms with E-state index < -0.39 is 0 Å². The molecule has 0 bridgehead atoms. The molecule has 1 fully saturated rings. The first-order valence-corrected chi connectivity index (χ1v) is 21.8. The first-order chi connectivity index (χ1) is 28.7. The zero-order chi connectivity index (χ0) is 40.1. The van der Waals surface area contributed by atoms with Crippen LogP contribution in [0.1, 0.15) is 77.8 Å². The molecule has 2 unspecified atom stereocenters. The number of rotatable bonds is 4. The van der Waals surface area contributed by atoms with Crippen molar-refractivity contribution < 1.29 is 0 Å². The van der Waals surface area contributed by atoms with Crippen molar-refractivity contribution in [1.82, 2.24) is 0 Å². The normalized spacial score (nSPS) is 20.3. The van der Waals surface area contributed by atoms with Gasteiger partial charge in [-0.15, -0.1) is 0 Å². The summed E-state index contributed by atoms with van der Waals surface area (Å²) >= 11 is 0. The van der Waals surface area contributed by atoms with Gasteiger partial charge in [-0.2, -0.15) is 0 Å². The highest BCUT2D eigenvalue weighted by Gasteiger charge is 2.57. The molecule has 0 saturated heterocycles. The zero-order valence-corrected chi connectivity index (χ0v) is 35.0. The quantitative estimate of drug-likeness (QED) is 0.165. The number of hydrogen-bond acceptors (Lipinski definition) is 3. The van der Waals surface area contributed by atoms with Crippen molar-refractivity contribution in [2.75, 3.05) is 14.7 Å². The Bertz CT molecular complexity index is 2750. The van der Waals surface area contributed by atoms with Gasteiger partial charge in [0.25, 0.3) is 6.71 Å². The Hall–Kier alpha value is -6.00. The van der Waals surface area contributed by atoms with Gasteiger partial charge in [0, 0.05) is 50.8 Å². The lowest BCUT2D eigenvalue weighted by Gasteiger charge is -2.48. The lowest BCUT2D eigenvalue weighted by Crippen LogP contribution is -2.61. The van der Waals surface area contributed by atoms with Crippen LogP contribution in [-0.4, -0.2) is 12.3 Å². The van der Waals surface area contributed by atoms with Crippen LogP contribution in [-0.2, 0) is 10.8 Å². The number of hydrogen-bond donors (Lipinski definition) is 0. The summed E-state index contributed by atoms with van der Waals surface area (Å²) in [6.45, 7) is 12.2. The molecule has 3 heterocycles. The number of benzene rings is 7. The summed E-state index contributed by atoms with van der Waals surface area (Å²) in [5, 5.41) is 0. The molecule has 7 aromatic rings. The second-order valence-electron chi connectivity index (χ2n) is 18.8. The summed E-state index contributed by atoms with van der Waals surface area (Å²) in [7, 11) is 0. The average Bonchev–Trinajstić information content (AvgIpc) is 3.33. The molecule has 290 valence electrons. The molecule has 11 rings (SSSR count). The van der Waals surface area contributed by atoms with E-state index in [1.165, 1.54) is 110 Å². The third-order valence-corrected chi connectivity index (χ3v) is 14.6. The number of para-hydroxylation sites is 4. The average molecular weight is 766 g/mol. The third-order valence-electron chi connectivity index (χ3n) is 14.6. The van der Waals surface area contributed by atoms with Gasteiger partial charge in [0.2, 0.25) is 0 Å². The second kappa shape index (κ2) is 13.3. The SMILES string of the molecule is CC(C)(C)c1ccc(N2c3ccccc3B3c4ccccc4N(c4ccccc4)c4cc(N5c6ccccc6C6(C)CCCCCC56C)cc2c43)c(-c2ccccc2)c1. The molecule has 4 heteroatoms. The van der Waals surface area contributed by atoms with E-state index in [0.717, 1.165) is 6.42 Å². The van der Waals surface area contributed by atoms with Gasteiger partial charge >= 0.3 is 0 Å². The summed E-state index contributed by atoms with van der Waals surface area (Å²) in [6, 6.07) is 62.1. The van der Waals surface area contributed by atoms with E-state index in [1.807, 2.05) is 0 Å². The predicted octanol–water partition coefficient (Wildman–Crippen LogP) is 12.9. The summed E-state index contributed by atoms with van der Waals surface area (Å²) in [5.41, 5.74) is 19.2. The Balaban J connectivity index is 1.26. The Morgan fingerprint density at radius 1 is 0.492 bits per heavy atom. The first kappa shape index (κ1) is 36.1. The topological polar surface area (TPSA) is 9.72 Å². The van der Waals surface area contributed by atoms with Gasteiger partial charge < -0.3 is 14.7 Å². The van der Waals surface area contributed by atoms with Gasteiger partial charge in [0.05, 0.1) is 11.2 Å². The van der Waals surface area contributed by atoms with E-state index in [2.05, 4.69) is 213 Å². The molecule has 0 radical (unpaired) electrons. The van der Waals surface area contributed by atoms with Crippen LogP contribution in [0.2, 0.25) is 0 Å². The fourth-order valence-electron chi connectivity index (χ4n) is 11.5. The summed E-state index contributed by atoms with van der Waals surface area (Å²) in [4.78, 5) is 7.96. The maximum absolute atomic E-state index is 2.78. The minimum Gasteiger partial charge on any atom is -0.334 e. The summed E-state index contributed by atoms with van der Waals surface area (Å²) < 4.78 is 0. The van der Waals surface area contributed by atoms with Crippen LogP contribution in [0.15, 0.2) is 164 Å². The summed E-state index contributed by atoms with van der Waals surface area (Å²) in [6.07, 6.45) is 6.13. The van der Waals surface area contributed by atoms with Crippen molar-refractivity contribution in [1.29, 1.82) is 0 Å². The molecular weight excluding hydrogens is 713 g/mol. The lowest BCUT2D eigenvalue weighted by atomic mass is 9.33. The lowest BCUT2D eigenvalue weighted by molar-refractivity contribution is 0.261. The minimum absolute atomic E-state index is 0.00408. The molecule has 59 heavy (non-hydrogen) atoms. The van der Waals surface area contributed by atoms with Crippen molar-refractivity contribution in [3.05, 3.63) is 175 Å². The van der Waals surface area contributed by atoms with E-state index in [4.69, 9.17) is 0 Å². The fraction of sp³-hybridized carbons (Fsp3) is 0.236. The monoisotopic (exact) mass is 765 g/mol. The van der Waals surface area contributed by atoms with E-state index in [-0.39, 0.29) is 23.1 Å². The smallest absolute Gasteiger partial charge is 0.252 e. The number of anilines is 8. The van der Waals surface area contributed by atoms with E-state index in [9.17, 15) is 0 Å². The van der Waals surface area contributed by atoms with Crippen LogP contribution in [0, 0.1) is 0 Å². The van der Waals surface area contributed by atoms with Crippen LogP contribution in [0.4, 0.5) is 45.5 Å². The largest absolute Gasteiger partial charge is 0.334 e. The Kier molecular flexibility index (Phi) is 8.12. The molecule has 0 aromatic heterocycles. The molecule has 7 aromatic carbocycles. The van der Waals surface area contributed by atoms with Gasteiger partial charge in [-0.05, 0) is 113 Å². The number of nitrogens with zero attached hydrogens (tertiary/aromatic N) is 3. The molecule has 4 aliphatic rings. The van der Waals surface area contributed by atoms with Gasteiger partial charge in [0.15, 0.2) is 0 Å². The van der Waals surface area contributed by atoms with Crippen LogP contribution in [0.5, 0.6) is 0 Å². The van der Waals surface area contributed by atoms with Gasteiger partial charge in [-0.25, -0.2) is 0 Å². The Morgan fingerprint density at radius 3 is 1.76 bits per heavy atom. The van der Waals surface area contributed by atoms with Gasteiger partial charge in [-0.3, -0.25) is 0 Å². The molecule has 0 amide bonds. The van der Waals surface area contributed by atoms with Crippen molar-refractivity contribution in [3.8, 4) is 11.1 Å². The molecule has 3 nitrogen and oxygen atoms in total. The van der Waals surface area contributed by atoms with Gasteiger partial charge in [0.1, 0.15) is 0 Å². The fourth-order valence-corrected chi connectivity index (χ4v) is 11.5. The molecule has 3 aliphatic heterocycles. The van der Waals surface area contributed by atoms with Gasteiger partial charge in [-0.1, -0.05) is 156 Å². The maximum Gasteiger partial charge on any atom is 0.252 e. The Labute approximate surface area is 351 Å². The summed E-state index contributed by atoms with van der Waals surface area (Å²) in [5.74, 6) is 0. The Morgan fingerprint density at radius 2 is 1.07 bits per heavy atom. The van der Waals surface area contributed by atoms with Crippen molar-refractivity contribution in [3.63, 3.8) is 0 Å². The highest BCUT2D eigenvalue weighted by molar-refractivity contribution is 7.00. The number of fused-ring (bicyclic) bond motifs is 7. The van der Waals surface area contributed by atoms with Crippen molar-refractivity contribution >= 4 is 68.6 Å². The van der Waals surface area contributed by atoms with Crippen LogP contribution < -0.4 is 31.1 Å². The van der Waals surface area contributed by atoms with Crippen LogP contribution in [0.25, 0.3) is 11.1 Å². The molecule has 0 spiro atoms. The minimum atomic E-state index is -0.0986. The highest BCUT2D eigenvalue weighted by atomic mass is 15.3. The van der Waals surface area contributed by atoms with Crippen molar-refractivity contribution in [2.45, 2.75) is 83.1 Å². The maximum atomic E-state index is 2.78. The highest BCUT2D eigenvalue weighted by Crippen LogP contribution is 2.61. The molecular formula is C55H52BN3. The van der Waals surface area contributed by atoms with E-state index >= 15 is 0 Å². The van der Waals surface area contributed by atoms with Crippen molar-refractivity contribution in [2.24, 2.45) is 0 Å². The molecule has 2 atom stereocenters. The van der Waals surface area contributed by atoms with E-state index in [1.54, 1.807) is 0 Å². The molecule has 1 aliphatic carbocycles. The zero-order valence-electron chi connectivity index (χ0n) is 35.0. The first-order valence-electron chi connectivity index (χ1n) is 21.8. The molecule has 1 saturated carbocycles. The van der Waals surface area contributed by atoms with Crippen LogP contribution >= 0.6 is 0 Å². The van der Waals surface area contributed by atoms with E-state index in [0.29, 0.717) is 0 Å². The predicted molar refractivity (Wildman–Crippen MR) is 252 cm³/mol. The molecule has 0 N–H and O–H groups in total. The second-order valence-corrected chi connectivity index (χ2v) is 18.8. The standard InChI is InChI=1S/C55H52BN3/c1-53(2,3)39-31-32-46(42(35-39)38-21-9-6-10-22-38)58-49-30-18-15-27-45(49)56-44-26-14-17-29-48(44)57(40-23-11-7-12-24-40)50-36-41(37-51(58)52(50)56)59-47-28-16-13-25-43(47)54(4)33-19-8-20-34-55(54,59)5/h6-7,9-18,21-32,35-37H,8,19-20,33-34H2,1-5H3.